The van der Waals surface area contributed by atoms with Crippen molar-refractivity contribution in [3.05, 3.63) is 48.2 Å². The Bertz CT molecular complexity index is 744. The monoisotopic (exact) mass is 482 g/mol. The fourth-order valence-corrected chi connectivity index (χ4v) is 2.86. The maximum Gasteiger partial charge on any atom is 0.219 e. The number of hydrogen-bond donors (Lipinski definition) is 1. The van der Waals surface area contributed by atoms with Gasteiger partial charge in [-0.05, 0) is 36.5 Å². The highest BCUT2D eigenvalue weighted by atomic mass is 127. The van der Waals surface area contributed by atoms with Crippen molar-refractivity contribution in [2.45, 2.75) is 26.3 Å². The van der Waals surface area contributed by atoms with Gasteiger partial charge in [0.15, 0.2) is 5.96 Å². The molecule has 0 unspecified atom stereocenters. The first-order valence-electron chi connectivity index (χ1n) is 8.96. The van der Waals surface area contributed by atoms with E-state index in [-0.39, 0.29) is 24.0 Å². The molecule has 1 aliphatic rings. The third-order valence-corrected chi connectivity index (χ3v) is 4.59. The molecule has 1 fully saturated rings. The van der Waals surface area contributed by atoms with Gasteiger partial charge in [0.25, 0.3) is 0 Å². The van der Waals surface area contributed by atoms with Crippen molar-refractivity contribution in [3.63, 3.8) is 0 Å². The van der Waals surface area contributed by atoms with E-state index in [2.05, 4.69) is 21.8 Å². The lowest BCUT2D eigenvalue weighted by molar-refractivity contribution is 0.277. The molecule has 0 saturated carbocycles. The molecule has 0 bridgehead atoms. The molecule has 6 nitrogen and oxygen atoms in total. The van der Waals surface area contributed by atoms with Gasteiger partial charge >= 0.3 is 0 Å². The summed E-state index contributed by atoms with van der Waals surface area (Å²) in [5.41, 5.74) is 7.12. The lowest BCUT2D eigenvalue weighted by Crippen LogP contribution is -2.42. The predicted octanol–water partition coefficient (Wildman–Crippen LogP) is 4.05. The van der Waals surface area contributed by atoms with Gasteiger partial charge in [0.05, 0.1) is 13.7 Å². The summed E-state index contributed by atoms with van der Waals surface area (Å²) in [5.74, 6) is 3.36. The number of piperidine rings is 1. The number of rotatable bonds is 5. The van der Waals surface area contributed by atoms with Crippen molar-refractivity contribution in [2.24, 2.45) is 16.6 Å². The van der Waals surface area contributed by atoms with Crippen molar-refractivity contribution in [1.82, 2.24) is 9.88 Å². The van der Waals surface area contributed by atoms with Crippen molar-refractivity contribution in [1.29, 1.82) is 0 Å². The zero-order valence-corrected chi connectivity index (χ0v) is 18.1. The zero-order valence-electron chi connectivity index (χ0n) is 15.8. The van der Waals surface area contributed by atoms with Gasteiger partial charge in [0.2, 0.25) is 5.88 Å². The number of ether oxygens (including phenoxy) is 2. The maximum absolute atomic E-state index is 6.12. The van der Waals surface area contributed by atoms with Crippen LogP contribution >= 0.6 is 24.0 Å². The largest absolute Gasteiger partial charge is 0.497 e. The van der Waals surface area contributed by atoms with E-state index in [0.717, 1.165) is 30.3 Å². The van der Waals surface area contributed by atoms with Crippen LogP contribution in [0, 0.1) is 5.92 Å². The molecule has 0 atom stereocenters. The van der Waals surface area contributed by atoms with E-state index in [1.165, 1.54) is 12.8 Å². The molecule has 1 aromatic carbocycles. The van der Waals surface area contributed by atoms with Gasteiger partial charge < -0.3 is 20.1 Å². The third-order valence-electron chi connectivity index (χ3n) is 4.59. The predicted molar refractivity (Wildman–Crippen MR) is 118 cm³/mol. The smallest absolute Gasteiger partial charge is 0.219 e. The summed E-state index contributed by atoms with van der Waals surface area (Å²) in [5, 5.41) is 0. The summed E-state index contributed by atoms with van der Waals surface area (Å²) >= 11 is 0. The molecule has 7 heteroatoms. The van der Waals surface area contributed by atoms with Gasteiger partial charge in [0, 0.05) is 31.4 Å². The number of halogens is 1. The third kappa shape index (κ3) is 6.27. The van der Waals surface area contributed by atoms with E-state index >= 15 is 0 Å². The number of hydrogen-bond acceptors (Lipinski definition) is 4. The summed E-state index contributed by atoms with van der Waals surface area (Å²) in [7, 11) is 1.63. The number of nitrogens with two attached hydrogens (primary N) is 1. The van der Waals surface area contributed by atoms with Crippen LogP contribution in [0.5, 0.6) is 17.4 Å². The van der Waals surface area contributed by atoms with Crippen LogP contribution in [-0.4, -0.2) is 36.0 Å². The van der Waals surface area contributed by atoms with Gasteiger partial charge in [-0.15, -0.1) is 24.0 Å². The second-order valence-electron chi connectivity index (χ2n) is 6.63. The second kappa shape index (κ2) is 10.3. The Kier molecular flexibility index (Phi) is 8.15. The van der Waals surface area contributed by atoms with Gasteiger partial charge in [0.1, 0.15) is 11.5 Å². The van der Waals surface area contributed by atoms with Crippen LogP contribution in [-0.2, 0) is 6.54 Å². The molecule has 1 saturated heterocycles. The Morgan fingerprint density at radius 1 is 1.22 bits per heavy atom. The highest BCUT2D eigenvalue weighted by Crippen LogP contribution is 2.24. The lowest BCUT2D eigenvalue weighted by Gasteiger charge is -2.31. The van der Waals surface area contributed by atoms with E-state index < -0.39 is 0 Å². The minimum Gasteiger partial charge on any atom is -0.497 e. The standard InChI is InChI=1S/C20H26N4O2.HI/c1-15-8-10-24(11-9-15)20(21)23-14-16-6-7-19(22-13-16)26-18-5-3-4-17(12-18)25-2;/h3-7,12-13,15H,8-11,14H2,1-2H3,(H2,21,23);1H. The van der Waals surface area contributed by atoms with Crippen LogP contribution in [0.1, 0.15) is 25.3 Å². The number of aromatic nitrogens is 1. The number of pyridine rings is 1. The molecule has 0 amide bonds. The molecule has 2 heterocycles. The molecule has 0 spiro atoms. The fourth-order valence-electron chi connectivity index (χ4n) is 2.86. The van der Waals surface area contributed by atoms with Crippen molar-refractivity contribution >= 4 is 29.9 Å². The van der Waals surface area contributed by atoms with E-state index in [1.807, 2.05) is 36.4 Å². The summed E-state index contributed by atoms with van der Waals surface area (Å²) in [6.07, 6.45) is 4.12. The lowest BCUT2D eigenvalue weighted by atomic mass is 10.00. The van der Waals surface area contributed by atoms with Crippen LogP contribution < -0.4 is 15.2 Å². The van der Waals surface area contributed by atoms with Gasteiger partial charge in [-0.1, -0.05) is 19.1 Å². The molecule has 1 aliphatic heterocycles. The molecule has 2 aromatic rings. The normalized spacial score (nSPS) is 15.2. The number of likely N-dealkylation sites (tertiary alicyclic amines) is 1. The maximum atomic E-state index is 6.12. The Labute approximate surface area is 177 Å². The first-order chi connectivity index (χ1) is 12.6. The average Bonchev–Trinajstić information content (AvgIpc) is 2.68. The quantitative estimate of drug-likeness (QED) is 0.396. The molecule has 3 rings (SSSR count). The molecule has 146 valence electrons. The number of benzene rings is 1. The Balaban J connectivity index is 0.00000261. The van der Waals surface area contributed by atoms with Gasteiger partial charge in [-0.25, -0.2) is 9.98 Å². The van der Waals surface area contributed by atoms with Crippen molar-refractivity contribution in [3.8, 4) is 17.4 Å². The highest BCUT2D eigenvalue weighted by molar-refractivity contribution is 14.0. The Hall–Kier alpha value is -2.03. The molecular formula is C20H27IN4O2. The molecule has 1 aromatic heterocycles. The van der Waals surface area contributed by atoms with E-state index in [9.17, 15) is 0 Å². The SMILES string of the molecule is COc1cccc(Oc2ccc(CN=C(N)N3CCC(C)CC3)cn2)c1.I. The van der Waals surface area contributed by atoms with Gasteiger partial charge in [-0.3, -0.25) is 0 Å². The van der Waals surface area contributed by atoms with Crippen molar-refractivity contribution < 1.29 is 9.47 Å². The molecule has 2 N–H and O–H groups in total. The fraction of sp³-hybridized carbons (Fsp3) is 0.400. The summed E-state index contributed by atoms with van der Waals surface area (Å²) in [6.45, 7) is 4.78. The van der Waals surface area contributed by atoms with Crippen molar-refractivity contribution in [2.75, 3.05) is 20.2 Å². The first kappa shape index (κ1) is 21.3. The molecule has 27 heavy (non-hydrogen) atoms. The summed E-state index contributed by atoms with van der Waals surface area (Å²) < 4.78 is 10.9. The van der Waals surface area contributed by atoms with Crippen LogP contribution in [0.3, 0.4) is 0 Å². The topological polar surface area (TPSA) is 73.0 Å². The van der Waals surface area contributed by atoms with Crippen LogP contribution in [0.25, 0.3) is 0 Å². The van der Waals surface area contributed by atoms with E-state index in [0.29, 0.717) is 24.1 Å². The van der Waals surface area contributed by atoms with E-state index in [1.54, 1.807) is 13.3 Å². The summed E-state index contributed by atoms with van der Waals surface area (Å²) in [4.78, 5) is 11.0. The Morgan fingerprint density at radius 3 is 2.63 bits per heavy atom. The van der Waals surface area contributed by atoms with Crippen LogP contribution in [0.2, 0.25) is 0 Å². The molecule has 0 aliphatic carbocycles. The highest BCUT2D eigenvalue weighted by Gasteiger charge is 2.16. The number of methoxy groups -OCH3 is 1. The minimum absolute atomic E-state index is 0. The average molecular weight is 482 g/mol. The van der Waals surface area contributed by atoms with Gasteiger partial charge in [-0.2, -0.15) is 0 Å². The Morgan fingerprint density at radius 2 is 1.96 bits per heavy atom. The van der Waals surface area contributed by atoms with Crippen LogP contribution in [0.4, 0.5) is 0 Å². The number of aliphatic imine (C=N–C) groups is 1. The zero-order chi connectivity index (χ0) is 18.4. The van der Waals surface area contributed by atoms with E-state index in [4.69, 9.17) is 15.2 Å². The summed E-state index contributed by atoms with van der Waals surface area (Å²) in [6, 6.07) is 11.2. The second-order valence-corrected chi connectivity index (χ2v) is 6.63. The molecule has 0 radical (unpaired) electrons. The van der Waals surface area contributed by atoms with Crippen LogP contribution in [0.15, 0.2) is 47.6 Å². The minimum atomic E-state index is 0. The molecular weight excluding hydrogens is 455 g/mol. The first-order valence-corrected chi connectivity index (χ1v) is 8.96. The number of guanidine groups is 1. The number of nitrogens with zero attached hydrogens (tertiary/aromatic N) is 3.